The normalized spacial score (nSPS) is 22.0. The molecule has 3 heteroatoms. The number of rotatable bonds is 0. The van der Waals surface area contributed by atoms with Crippen LogP contribution in [0.3, 0.4) is 0 Å². The van der Waals surface area contributed by atoms with Crippen molar-refractivity contribution in [2.24, 2.45) is 0 Å². The SMILES string of the molecule is Cc1nc(C)c2c(n1)CN(C)C2C. The summed E-state index contributed by atoms with van der Waals surface area (Å²) in [4.78, 5) is 11.2. The van der Waals surface area contributed by atoms with Gasteiger partial charge in [0.15, 0.2) is 0 Å². The Hall–Kier alpha value is -0.960. The van der Waals surface area contributed by atoms with Gasteiger partial charge in [-0.15, -0.1) is 0 Å². The Morgan fingerprint density at radius 2 is 2.00 bits per heavy atom. The quantitative estimate of drug-likeness (QED) is 0.602. The minimum atomic E-state index is 0.468. The van der Waals surface area contributed by atoms with Crippen molar-refractivity contribution in [1.82, 2.24) is 14.9 Å². The van der Waals surface area contributed by atoms with Gasteiger partial charge in [-0.2, -0.15) is 0 Å². The Morgan fingerprint density at radius 1 is 1.31 bits per heavy atom. The molecular formula is C10H15N3. The zero-order chi connectivity index (χ0) is 9.59. The smallest absolute Gasteiger partial charge is 0.125 e. The highest BCUT2D eigenvalue weighted by Crippen LogP contribution is 2.31. The maximum atomic E-state index is 4.46. The molecule has 13 heavy (non-hydrogen) atoms. The molecule has 0 saturated carbocycles. The minimum Gasteiger partial charge on any atom is -0.294 e. The van der Waals surface area contributed by atoms with E-state index in [1.165, 1.54) is 11.3 Å². The molecule has 0 amide bonds. The van der Waals surface area contributed by atoms with Crippen molar-refractivity contribution >= 4 is 0 Å². The van der Waals surface area contributed by atoms with Gasteiger partial charge in [-0.3, -0.25) is 4.90 Å². The lowest BCUT2D eigenvalue weighted by molar-refractivity contribution is 0.284. The summed E-state index contributed by atoms with van der Waals surface area (Å²) in [6.07, 6.45) is 0. The first-order valence-electron chi connectivity index (χ1n) is 4.64. The molecule has 0 aromatic carbocycles. The van der Waals surface area contributed by atoms with E-state index in [1.54, 1.807) is 0 Å². The number of hydrogen-bond donors (Lipinski definition) is 0. The molecule has 0 fully saturated rings. The molecule has 1 aliphatic heterocycles. The van der Waals surface area contributed by atoms with E-state index in [2.05, 4.69) is 35.8 Å². The molecule has 1 aromatic heterocycles. The summed E-state index contributed by atoms with van der Waals surface area (Å²) in [6.45, 7) is 7.19. The Labute approximate surface area is 78.8 Å². The van der Waals surface area contributed by atoms with Gasteiger partial charge in [0.2, 0.25) is 0 Å². The number of nitrogens with zero attached hydrogens (tertiary/aromatic N) is 3. The van der Waals surface area contributed by atoms with Crippen molar-refractivity contribution < 1.29 is 0 Å². The van der Waals surface area contributed by atoms with E-state index < -0.39 is 0 Å². The number of aromatic nitrogens is 2. The predicted octanol–water partition coefficient (Wildman–Crippen LogP) is 1.60. The zero-order valence-electron chi connectivity index (χ0n) is 8.63. The molecule has 0 bridgehead atoms. The van der Waals surface area contributed by atoms with Crippen LogP contribution in [0.5, 0.6) is 0 Å². The highest BCUT2D eigenvalue weighted by Gasteiger charge is 2.27. The second-order valence-corrected chi connectivity index (χ2v) is 3.81. The first kappa shape index (κ1) is 8.63. The molecule has 0 N–H and O–H groups in total. The van der Waals surface area contributed by atoms with Gasteiger partial charge < -0.3 is 0 Å². The summed E-state index contributed by atoms with van der Waals surface area (Å²) >= 11 is 0. The molecule has 1 unspecified atom stereocenters. The third-order valence-corrected chi connectivity index (χ3v) is 2.81. The fraction of sp³-hybridized carbons (Fsp3) is 0.600. The summed E-state index contributed by atoms with van der Waals surface area (Å²) < 4.78 is 0. The number of aryl methyl sites for hydroxylation is 2. The van der Waals surface area contributed by atoms with Gasteiger partial charge in [-0.1, -0.05) is 0 Å². The molecule has 2 rings (SSSR count). The van der Waals surface area contributed by atoms with Crippen molar-refractivity contribution in [2.75, 3.05) is 7.05 Å². The predicted molar refractivity (Wildman–Crippen MR) is 51.4 cm³/mol. The third kappa shape index (κ3) is 1.23. The Bertz CT molecular complexity index is 346. The van der Waals surface area contributed by atoms with Crippen LogP contribution in [0.25, 0.3) is 0 Å². The van der Waals surface area contributed by atoms with Crippen molar-refractivity contribution in [3.63, 3.8) is 0 Å². The highest BCUT2D eigenvalue weighted by atomic mass is 15.2. The average Bonchev–Trinajstić information content (AvgIpc) is 2.27. The van der Waals surface area contributed by atoms with Crippen LogP contribution < -0.4 is 0 Å². The lowest BCUT2D eigenvalue weighted by atomic mass is 10.1. The van der Waals surface area contributed by atoms with Gasteiger partial charge in [0, 0.05) is 23.8 Å². The lowest BCUT2D eigenvalue weighted by Crippen LogP contribution is -2.13. The number of fused-ring (bicyclic) bond motifs is 1. The molecule has 2 heterocycles. The first-order valence-corrected chi connectivity index (χ1v) is 4.64. The van der Waals surface area contributed by atoms with E-state index in [1.807, 2.05) is 6.92 Å². The first-order chi connectivity index (χ1) is 6.09. The molecule has 70 valence electrons. The fourth-order valence-electron chi connectivity index (χ4n) is 2.05. The van der Waals surface area contributed by atoms with E-state index >= 15 is 0 Å². The minimum absolute atomic E-state index is 0.468. The second-order valence-electron chi connectivity index (χ2n) is 3.81. The van der Waals surface area contributed by atoms with Gasteiger partial charge in [0.25, 0.3) is 0 Å². The van der Waals surface area contributed by atoms with Crippen LogP contribution in [0.4, 0.5) is 0 Å². The van der Waals surface area contributed by atoms with Crippen molar-refractivity contribution in [2.45, 2.75) is 33.4 Å². The van der Waals surface area contributed by atoms with Crippen LogP contribution in [0.2, 0.25) is 0 Å². The van der Waals surface area contributed by atoms with E-state index in [0.29, 0.717) is 6.04 Å². The molecule has 0 aliphatic carbocycles. The molecule has 0 saturated heterocycles. The maximum Gasteiger partial charge on any atom is 0.125 e. The summed E-state index contributed by atoms with van der Waals surface area (Å²) in [5, 5.41) is 0. The Kier molecular flexibility index (Phi) is 1.84. The number of hydrogen-bond acceptors (Lipinski definition) is 3. The van der Waals surface area contributed by atoms with Crippen molar-refractivity contribution in [1.29, 1.82) is 0 Å². The van der Waals surface area contributed by atoms with Crippen LogP contribution >= 0.6 is 0 Å². The monoisotopic (exact) mass is 177 g/mol. The van der Waals surface area contributed by atoms with Gasteiger partial charge in [0.05, 0.1) is 5.69 Å². The van der Waals surface area contributed by atoms with E-state index in [4.69, 9.17) is 0 Å². The fourth-order valence-corrected chi connectivity index (χ4v) is 2.05. The van der Waals surface area contributed by atoms with E-state index in [9.17, 15) is 0 Å². The summed E-state index contributed by atoms with van der Waals surface area (Å²) in [5.41, 5.74) is 3.67. The lowest BCUT2D eigenvalue weighted by Gasteiger charge is -2.14. The standard InChI is InChI=1S/C10H15N3/c1-6-10-7(2)13(4)5-9(10)12-8(3)11-6/h7H,5H2,1-4H3. The van der Waals surface area contributed by atoms with Crippen LogP contribution in [-0.4, -0.2) is 21.9 Å². The molecule has 1 atom stereocenters. The van der Waals surface area contributed by atoms with Crippen molar-refractivity contribution in [3.8, 4) is 0 Å². The molecule has 1 aromatic rings. The molecular weight excluding hydrogens is 162 g/mol. The van der Waals surface area contributed by atoms with Crippen LogP contribution in [0.15, 0.2) is 0 Å². The summed E-state index contributed by atoms with van der Waals surface area (Å²) in [5.74, 6) is 0.888. The molecule has 3 nitrogen and oxygen atoms in total. The van der Waals surface area contributed by atoms with Gasteiger partial charge in [-0.05, 0) is 27.8 Å². The molecule has 0 spiro atoms. The topological polar surface area (TPSA) is 29.0 Å². The van der Waals surface area contributed by atoms with Crippen LogP contribution in [0.1, 0.15) is 35.7 Å². The Balaban J connectivity index is 2.57. The second kappa shape index (κ2) is 2.77. The molecule has 1 aliphatic rings. The zero-order valence-corrected chi connectivity index (χ0v) is 8.63. The summed E-state index contributed by atoms with van der Waals surface area (Å²) in [6, 6.07) is 0.468. The largest absolute Gasteiger partial charge is 0.294 e. The van der Waals surface area contributed by atoms with Crippen LogP contribution in [0, 0.1) is 13.8 Å². The summed E-state index contributed by atoms with van der Waals surface area (Å²) in [7, 11) is 2.13. The average molecular weight is 177 g/mol. The van der Waals surface area contributed by atoms with Crippen molar-refractivity contribution in [3.05, 3.63) is 22.8 Å². The van der Waals surface area contributed by atoms with Crippen LogP contribution in [-0.2, 0) is 6.54 Å². The van der Waals surface area contributed by atoms with Gasteiger partial charge >= 0.3 is 0 Å². The van der Waals surface area contributed by atoms with E-state index in [0.717, 1.165) is 18.1 Å². The van der Waals surface area contributed by atoms with Gasteiger partial charge in [-0.25, -0.2) is 9.97 Å². The van der Waals surface area contributed by atoms with E-state index in [-0.39, 0.29) is 0 Å². The van der Waals surface area contributed by atoms with Gasteiger partial charge in [0.1, 0.15) is 5.82 Å². The maximum absolute atomic E-state index is 4.46. The third-order valence-electron chi connectivity index (χ3n) is 2.81. The highest BCUT2D eigenvalue weighted by molar-refractivity contribution is 5.31. The Morgan fingerprint density at radius 3 is 2.69 bits per heavy atom. The molecule has 0 radical (unpaired) electrons.